The molecule has 2 heterocycles. The summed E-state index contributed by atoms with van der Waals surface area (Å²) in [5.41, 5.74) is 2.01. The zero-order valence-electron chi connectivity index (χ0n) is 12.5. The number of hydrogen-bond acceptors (Lipinski definition) is 4. The van der Waals surface area contributed by atoms with E-state index in [9.17, 15) is 0 Å². The molecular formula is C17H20ClN3O. The van der Waals surface area contributed by atoms with Crippen molar-refractivity contribution in [3.05, 3.63) is 35.5 Å². The Morgan fingerprint density at radius 3 is 3.09 bits per heavy atom. The topological polar surface area (TPSA) is 37.4 Å². The molecule has 4 nitrogen and oxygen atoms in total. The highest BCUT2D eigenvalue weighted by Gasteiger charge is 2.32. The molecule has 0 amide bonds. The molecule has 1 atom stereocenters. The van der Waals surface area contributed by atoms with Crippen molar-refractivity contribution in [3.63, 3.8) is 0 Å². The van der Waals surface area contributed by atoms with E-state index in [1.165, 1.54) is 12.8 Å². The summed E-state index contributed by atoms with van der Waals surface area (Å²) in [7, 11) is 0. The van der Waals surface area contributed by atoms with Gasteiger partial charge in [-0.3, -0.25) is 9.88 Å². The Labute approximate surface area is 135 Å². The fraction of sp³-hybridized carbons (Fsp3) is 0.471. The minimum Gasteiger partial charge on any atom is -0.382 e. The third-order valence-corrected chi connectivity index (χ3v) is 4.69. The lowest BCUT2D eigenvalue weighted by atomic mass is 10.2. The number of nitrogens with one attached hydrogen (secondary N) is 1. The molecule has 4 rings (SSSR count). The van der Waals surface area contributed by atoms with E-state index in [4.69, 9.17) is 16.3 Å². The fourth-order valence-corrected chi connectivity index (χ4v) is 3.30. The third-order valence-electron chi connectivity index (χ3n) is 4.46. The summed E-state index contributed by atoms with van der Waals surface area (Å²) in [6.45, 7) is 3.78. The minimum atomic E-state index is 0.255. The molecule has 1 unspecified atom stereocenters. The number of fused-ring (bicyclic) bond motifs is 1. The van der Waals surface area contributed by atoms with Gasteiger partial charge in [-0.05, 0) is 37.1 Å². The molecule has 1 aromatic heterocycles. The van der Waals surface area contributed by atoms with Crippen molar-refractivity contribution in [3.8, 4) is 0 Å². The van der Waals surface area contributed by atoms with Crippen molar-refractivity contribution in [2.45, 2.75) is 25.0 Å². The maximum absolute atomic E-state index is 6.04. The van der Waals surface area contributed by atoms with Crippen molar-refractivity contribution in [1.82, 2.24) is 9.88 Å². The van der Waals surface area contributed by atoms with E-state index in [1.54, 1.807) is 0 Å². The van der Waals surface area contributed by atoms with E-state index >= 15 is 0 Å². The molecule has 1 aromatic carbocycles. The number of anilines is 1. The highest BCUT2D eigenvalue weighted by Crippen LogP contribution is 2.28. The molecule has 2 aliphatic rings. The fourth-order valence-electron chi connectivity index (χ4n) is 3.14. The van der Waals surface area contributed by atoms with Crippen LogP contribution in [0.5, 0.6) is 0 Å². The lowest BCUT2D eigenvalue weighted by Crippen LogP contribution is -2.46. The SMILES string of the molecule is Clc1ccc2c(NCC3CN(C4CC4)CCO3)ccnc2c1. The van der Waals surface area contributed by atoms with Gasteiger partial charge in [0, 0.05) is 48.0 Å². The highest BCUT2D eigenvalue weighted by atomic mass is 35.5. The number of aromatic nitrogens is 1. The molecule has 0 radical (unpaired) electrons. The zero-order chi connectivity index (χ0) is 14.9. The van der Waals surface area contributed by atoms with Gasteiger partial charge in [-0.2, -0.15) is 0 Å². The van der Waals surface area contributed by atoms with Crippen molar-refractivity contribution < 1.29 is 4.74 Å². The first-order valence-electron chi connectivity index (χ1n) is 7.93. The molecular weight excluding hydrogens is 298 g/mol. The van der Waals surface area contributed by atoms with E-state index in [-0.39, 0.29) is 6.10 Å². The van der Waals surface area contributed by atoms with E-state index in [1.807, 2.05) is 30.5 Å². The van der Waals surface area contributed by atoms with Gasteiger partial charge in [-0.1, -0.05) is 11.6 Å². The van der Waals surface area contributed by atoms with Crippen molar-refractivity contribution in [1.29, 1.82) is 0 Å². The number of hydrogen-bond donors (Lipinski definition) is 1. The Kier molecular flexibility index (Phi) is 3.90. The Morgan fingerprint density at radius 2 is 2.23 bits per heavy atom. The zero-order valence-corrected chi connectivity index (χ0v) is 13.2. The van der Waals surface area contributed by atoms with Crippen molar-refractivity contribution in [2.24, 2.45) is 0 Å². The van der Waals surface area contributed by atoms with Crippen LogP contribution in [0.25, 0.3) is 10.9 Å². The summed E-state index contributed by atoms with van der Waals surface area (Å²) < 4.78 is 5.90. The average Bonchev–Trinajstić information content (AvgIpc) is 3.37. The van der Waals surface area contributed by atoms with Crippen LogP contribution in [-0.2, 0) is 4.74 Å². The molecule has 22 heavy (non-hydrogen) atoms. The average molecular weight is 318 g/mol. The van der Waals surface area contributed by atoms with Crippen LogP contribution in [0.15, 0.2) is 30.5 Å². The Bertz CT molecular complexity index is 674. The predicted octanol–water partition coefficient (Wildman–Crippen LogP) is 3.16. The third kappa shape index (κ3) is 3.05. The van der Waals surface area contributed by atoms with Gasteiger partial charge in [0.2, 0.25) is 0 Å². The van der Waals surface area contributed by atoms with E-state index in [0.717, 1.165) is 48.9 Å². The van der Waals surface area contributed by atoms with Gasteiger partial charge < -0.3 is 10.1 Å². The number of ether oxygens (including phenoxy) is 1. The molecule has 1 aliphatic heterocycles. The van der Waals surface area contributed by atoms with Gasteiger partial charge >= 0.3 is 0 Å². The highest BCUT2D eigenvalue weighted by molar-refractivity contribution is 6.31. The van der Waals surface area contributed by atoms with Gasteiger partial charge in [-0.15, -0.1) is 0 Å². The van der Waals surface area contributed by atoms with Gasteiger partial charge in [-0.25, -0.2) is 0 Å². The monoisotopic (exact) mass is 317 g/mol. The number of halogens is 1. The molecule has 5 heteroatoms. The van der Waals surface area contributed by atoms with Crippen molar-refractivity contribution >= 4 is 28.2 Å². The lowest BCUT2D eigenvalue weighted by molar-refractivity contribution is -0.0241. The summed E-state index contributed by atoms with van der Waals surface area (Å²) in [5, 5.41) is 5.34. The number of benzene rings is 1. The smallest absolute Gasteiger partial charge is 0.0874 e. The Morgan fingerprint density at radius 1 is 1.32 bits per heavy atom. The number of pyridine rings is 1. The molecule has 0 spiro atoms. The number of rotatable bonds is 4. The van der Waals surface area contributed by atoms with Gasteiger partial charge in [0.1, 0.15) is 0 Å². The summed E-state index contributed by atoms with van der Waals surface area (Å²) in [5.74, 6) is 0. The Balaban J connectivity index is 1.45. The van der Waals surface area contributed by atoms with Gasteiger partial charge in [0.15, 0.2) is 0 Å². The summed E-state index contributed by atoms with van der Waals surface area (Å²) in [6.07, 6.45) is 4.79. The lowest BCUT2D eigenvalue weighted by Gasteiger charge is -2.33. The van der Waals surface area contributed by atoms with E-state index < -0.39 is 0 Å². The molecule has 1 saturated carbocycles. The molecule has 1 N–H and O–H groups in total. The largest absolute Gasteiger partial charge is 0.382 e. The minimum absolute atomic E-state index is 0.255. The second-order valence-electron chi connectivity index (χ2n) is 6.12. The predicted molar refractivity (Wildman–Crippen MR) is 89.6 cm³/mol. The van der Waals surface area contributed by atoms with E-state index in [0.29, 0.717) is 5.02 Å². The standard InChI is InChI=1S/C17H20ClN3O/c18-12-1-4-15-16(5-6-19-17(15)9-12)20-10-14-11-21(7-8-22-14)13-2-3-13/h1,4-6,9,13-14H,2-3,7-8,10-11H2,(H,19,20). The summed E-state index contributed by atoms with van der Waals surface area (Å²) in [4.78, 5) is 6.95. The molecule has 116 valence electrons. The van der Waals surface area contributed by atoms with Crippen LogP contribution in [0.4, 0.5) is 5.69 Å². The van der Waals surface area contributed by atoms with Gasteiger partial charge in [0.05, 0.1) is 18.2 Å². The molecule has 0 bridgehead atoms. The van der Waals surface area contributed by atoms with Crippen LogP contribution < -0.4 is 5.32 Å². The Hall–Kier alpha value is -1.36. The summed E-state index contributed by atoms with van der Waals surface area (Å²) >= 11 is 6.04. The normalized spacial score (nSPS) is 22.9. The van der Waals surface area contributed by atoms with Crippen LogP contribution in [0, 0.1) is 0 Å². The molecule has 2 aromatic rings. The van der Waals surface area contributed by atoms with Crippen LogP contribution in [0.1, 0.15) is 12.8 Å². The van der Waals surface area contributed by atoms with E-state index in [2.05, 4.69) is 15.2 Å². The van der Waals surface area contributed by atoms with Gasteiger partial charge in [0.25, 0.3) is 0 Å². The molecule has 1 aliphatic carbocycles. The van der Waals surface area contributed by atoms with Crippen LogP contribution >= 0.6 is 11.6 Å². The first-order chi connectivity index (χ1) is 10.8. The molecule has 1 saturated heterocycles. The van der Waals surface area contributed by atoms with Crippen LogP contribution in [0.3, 0.4) is 0 Å². The van der Waals surface area contributed by atoms with Crippen molar-refractivity contribution in [2.75, 3.05) is 31.6 Å². The molecule has 2 fully saturated rings. The maximum atomic E-state index is 6.04. The number of nitrogens with zero attached hydrogens (tertiary/aromatic N) is 2. The van der Waals surface area contributed by atoms with Crippen LogP contribution in [0.2, 0.25) is 5.02 Å². The number of morpholine rings is 1. The second kappa shape index (κ2) is 6.03. The maximum Gasteiger partial charge on any atom is 0.0874 e. The summed E-state index contributed by atoms with van der Waals surface area (Å²) in [6, 6.07) is 8.65. The van der Waals surface area contributed by atoms with Crippen LogP contribution in [-0.4, -0.2) is 48.3 Å². The quantitative estimate of drug-likeness (QED) is 0.940. The first-order valence-corrected chi connectivity index (χ1v) is 8.31. The second-order valence-corrected chi connectivity index (χ2v) is 6.56. The first kappa shape index (κ1) is 14.2.